The van der Waals surface area contributed by atoms with Gasteiger partial charge in [0.1, 0.15) is 5.65 Å². The molecule has 132 valence electrons. The predicted molar refractivity (Wildman–Crippen MR) is 96.0 cm³/mol. The second-order valence-corrected chi connectivity index (χ2v) is 6.41. The molecule has 3 N–H and O–H groups in total. The number of hydrogen-bond acceptors (Lipinski definition) is 4. The summed E-state index contributed by atoms with van der Waals surface area (Å²) in [5.41, 5.74) is 1.40. The molecule has 3 heterocycles. The van der Waals surface area contributed by atoms with Crippen LogP contribution in [0.3, 0.4) is 0 Å². The molecule has 4 rings (SSSR count). The fraction of sp³-hybridized carbons (Fsp3) is 0.500. The SMILES string of the molecule is Cl.Cl.O=C(N[C@H]1C[C@H]2CNC[C@H]2C[C@@H]1O)c1ccc2nccn2c1. The van der Waals surface area contributed by atoms with Crippen molar-refractivity contribution < 1.29 is 9.90 Å². The van der Waals surface area contributed by atoms with Gasteiger partial charge in [0.15, 0.2) is 0 Å². The Bertz CT molecular complexity index is 708. The molecule has 8 heteroatoms. The Morgan fingerprint density at radius 3 is 2.79 bits per heavy atom. The van der Waals surface area contributed by atoms with Crippen molar-refractivity contribution >= 4 is 36.4 Å². The van der Waals surface area contributed by atoms with E-state index < -0.39 is 6.10 Å². The molecular formula is C16H22Cl2N4O2. The summed E-state index contributed by atoms with van der Waals surface area (Å²) >= 11 is 0. The van der Waals surface area contributed by atoms with Crippen LogP contribution in [0.4, 0.5) is 0 Å². The predicted octanol–water partition coefficient (Wildman–Crippen LogP) is 1.27. The molecule has 2 aromatic heterocycles. The summed E-state index contributed by atoms with van der Waals surface area (Å²) < 4.78 is 1.82. The van der Waals surface area contributed by atoms with Gasteiger partial charge in [0.2, 0.25) is 0 Å². The van der Waals surface area contributed by atoms with Gasteiger partial charge in [-0.05, 0) is 49.9 Å². The maximum atomic E-state index is 12.4. The lowest BCUT2D eigenvalue weighted by Gasteiger charge is -2.35. The van der Waals surface area contributed by atoms with Crippen molar-refractivity contribution in [3.63, 3.8) is 0 Å². The normalized spacial score (nSPS) is 28.5. The van der Waals surface area contributed by atoms with Crippen LogP contribution < -0.4 is 10.6 Å². The molecular weight excluding hydrogens is 351 g/mol. The summed E-state index contributed by atoms with van der Waals surface area (Å²) in [5, 5.41) is 16.7. The molecule has 0 unspecified atom stereocenters. The molecule has 6 nitrogen and oxygen atoms in total. The third kappa shape index (κ3) is 3.52. The molecule has 24 heavy (non-hydrogen) atoms. The highest BCUT2D eigenvalue weighted by atomic mass is 35.5. The number of hydrogen-bond donors (Lipinski definition) is 3. The van der Waals surface area contributed by atoms with E-state index in [1.165, 1.54) is 0 Å². The summed E-state index contributed by atoms with van der Waals surface area (Å²) in [6.45, 7) is 1.98. The van der Waals surface area contributed by atoms with Gasteiger partial charge in [-0.15, -0.1) is 24.8 Å². The molecule has 0 aromatic carbocycles. The number of fused-ring (bicyclic) bond motifs is 2. The van der Waals surface area contributed by atoms with E-state index >= 15 is 0 Å². The number of rotatable bonds is 2. The standard InChI is InChI=1S/C16H20N4O2.2ClH/c21-14-6-12-8-17-7-11(12)5-13(14)19-16(22)10-1-2-15-18-3-4-20(15)9-10;;/h1-4,9,11-14,17,21H,5-8H2,(H,19,22);2*1H/t11-,12+,13-,14-;;/m0../s1. The maximum absolute atomic E-state index is 12.4. The molecule has 1 saturated heterocycles. The number of carbonyl (C=O) groups excluding carboxylic acids is 1. The molecule has 0 radical (unpaired) electrons. The van der Waals surface area contributed by atoms with Gasteiger partial charge >= 0.3 is 0 Å². The number of nitrogens with zero attached hydrogens (tertiary/aromatic N) is 2. The van der Waals surface area contributed by atoms with Gasteiger partial charge in [-0.2, -0.15) is 0 Å². The highest BCUT2D eigenvalue weighted by Gasteiger charge is 2.39. The molecule has 0 spiro atoms. The van der Waals surface area contributed by atoms with Crippen LogP contribution in [0.25, 0.3) is 5.65 Å². The number of amides is 1. The van der Waals surface area contributed by atoms with E-state index in [0.717, 1.165) is 31.6 Å². The van der Waals surface area contributed by atoms with Crippen LogP contribution in [-0.4, -0.2) is 45.6 Å². The van der Waals surface area contributed by atoms with Crippen molar-refractivity contribution in [2.24, 2.45) is 11.8 Å². The highest BCUT2D eigenvalue weighted by molar-refractivity contribution is 5.94. The van der Waals surface area contributed by atoms with E-state index in [1.54, 1.807) is 18.5 Å². The smallest absolute Gasteiger partial charge is 0.253 e. The van der Waals surface area contributed by atoms with Crippen molar-refractivity contribution in [2.75, 3.05) is 13.1 Å². The number of halogens is 2. The fourth-order valence-electron chi connectivity index (χ4n) is 3.76. The average Bonchev–Trinajstić information content (AvgIpc) is 3.14. The van der Waals surface area contributed by atoms with Crippen LogP contribution in [-0.2, 0) is 0 Å². The second-order valence-electron chi connectivity index (χ2n) is 6.41. The van der Waals surface area contributed by atoms with Gasteiger partial charge in [0.25, 0.3) is 5.91 Å². The zero-order chi connectivity index (χ0) is 15.1. The van der Waals surface area contributed by atoms with Crippen LogP contribution >= 0.6 is 24.8 Å². The van der Waals surface area contributed by atoms with Crippen LogP contribution in [0.1, 0.15) is 23.2 Å². The van der Waals surface area contributed by atoms with E-state index in [4.69, 9.17) is 0 Å². The molecule has 4 atom stereocenters. The van der Waals surface area contributed by atoms with Crippen molar-refractivity contribution in [3.8, 4) is 0 Å². The van der Waals surface area contributed by atoms with E-state index in [9.17, 15) is 9.90 Å². The minimum atomic E-state index is -0.456. The first-order valence-electron chi connectivity index (χ1n) is 7.83. The van der Waals surface area contributed by atoms with Crippen LogP contribution in [0.2, 0.25) is 0 Å². The monoisotopic (exact) mass is 372 g/mol. The van der Waals surface area contributed by atoms with Gasteiger partial charge in [0, 0.05) is 18.6 Å². The quantitative estimate of drug-likeness (QED) is 0.741. The van der Waals surface area contributed by atoms with E-state index in [-0.39, 0.29) is 36.8 Å². The second kappa shape index (κ2) is 7.70. The van der Waals surface area contributed by atoms with E-state index in [1.807, 2.05) is 16.7 Å². The van der Waals surface area contributed by atoms with Gasteiger partial charge in [-0.25, -0.2) is 4.98 Å². The molecule has 1 amide bonds. The van der Waals surface area contributed by atoms with E-state index in [0.29, 0.717) is 17.4 Å². The number of aliphatic hydroxyl groups is 1. The minimum Gasteiger partial charge on any atom is -0.391 e. The topological polar surface area (TPSA) is 78.7 Å². The summed E-state index contributed by atoms with van der Waals surface area (Å²) in [5.74, 6) is 0.972. The molecule has 1 saturated carbocycles. The van der Waals surface area contributed by atoms with Gasteiger partial charge in [-0.3, -0.25) is 4.79 Å². The third-order valence-corrected chi connectivity index (χ3v) is 5.01. The number of aromatic nitrogens is 2. The largest absolute Gasteiger partial charge is 0.391 e. The third-order valence-electron chi connectivity index (χ3n) is 5.01. The van der Waals surface area contributed by atoms with Crippen LogP contribution in [0, 0.1) is 11.8 Å². The Kier molecular flexibility index (Phi) is 6.09. The van der Waals surface area contributed by atoms with Crippen molar-refractivity contribution in [1.82, 2.24) is 20.0 Å². The van der Waals surface area contributed by atoms with E-state index in [2.05, 4.69) is 15.6 Å². The number of aliphatic hydroxyl groups excluding tert-OH is 1. The number of carbonyl (C=O) groups is 1. The molecule has 2 aliphatic rings. The molecule has 2 fully saturated rings. The Morgan fingerprint density at radius 1 is 1.25 bits per heavy atom. The van der Waals surface area contributed by atoms with Crippen LogP contribution in [0.15, 0.2) is 30.7 Å². The zero-order valence-electron chi connectivity index (χ0n) is 13.1. The Labute approximate surface area is 152 Å². The first kappa shape index (κ1) is 19.0. The Morgan fingerprint density at radius 2 is 2.00 bits per heavy atom. The molecule has 0 bridgehead atoms. The summed E-state index contributed by atoms with van der Waals surface area (Å²) in [6, 6.07) is 3.43. The maximum Gasteiger partial charge on any atom is 0.253 e. The first-order valence-corrected chi connectivity index (χ1v) is 7.83. The molecule has 1 aliphatic heterocycles. The molecule has 1 aliphatic carbocycles. The minimum absolute atomic E-state index is 0. The Hall–Kier alpha value is -1.34. The summed E-state index contributed by atoms with van der Waals surface area (Å²) in [4.78, 5) is 16.6. The van der Waals surface area contributed by atoms with Gasteiger partial charge in [-0.1, -0.05) is 0 Å². The van der Waals surface area contributed by atoms with Crippen molar-refractivity contribution in [1.29, 1.82) is 0 Å². The lowest BCUT2D eigenvalue weighted by molar-refractivity contribution is 0.0462. The van der Waals surface area contributed by atoms with Crippen molar-refractivity contribution in [2.45, 2.75) is 25.0 Å². The number of nitrogens with one attached hydrogen (secondary N) is 2. The fourth-order valence-corrected chi connectivity index (χ4v) is 3.76. The van der Waals surface area contributed by atoms with Gasteiger partial charge < -0.3 is 20.1 Å². The highest BCUT2D eigenvalue weighted by Crippen LogP contribution is 2.33. The lowest BCUT2D eigenvalue weighted by Crippen LogP contribution is -2.49. The molecule has 2 aromatic rings. The summed E-state index contributed by atoms with van der Waals surface area (Å²) in [6.07, 6.45) is 6.45. The number of imidazole rings is 1. The lowest BCUT2D eigenvalue weighted by atomic mass is 9.77. The average molecular weight is 373 g/mol. The Balaban J connectivity index is 0.00000104. The first-order chi connectivity index (χ1) is 10.7. The summed E-state index contributed by atoms with van der Waals surface area (Å²) in [7, 11) is 0. The van der Waals surface area contributed by atoms with Gasteiger partial charge in [0.05, 0.1) is 17.7 Å². The number of pyridine rings is 1. The van der Waals surface area contributed by atoms with Crippen molar-refractivity contribution in [3.05, 3.63) is 36.3 Å². The zero-order valence-corrected chi connectivity index (χ0v) is 14.7. The van der Waals surface area contributed by atoms with Crippen LogP contribution in [0.5, 0.6) is 0 Å².